The first-order valence-corrected chi connectivity index (χ1v) is 10.5. The number of nitrogens with one attached hydrogen (secondary N) is 1. The molecular formula is C23H21Cl2N3O4. The molecule has 1 heterocycles. The Hall–Kier alpha value is -3.29. The van der Waals surface area contributed by atoms with Crippen molar-refractivity contribution in [2.75, 3.05) is 19.0 Å². The van der Waals surface area contributed by atoms with E-state index in [9.17, 15) is 9.59 Å². The van der Waals surface area contributed by atoms with Crippen LogP contribution >= 0.6 is 23.2 Å². The van der Waals surface area contributed by atoms with Crippen LogP contribution in [0.4, 0.5) is 10.5 Å². The van der Waals surface area contributed by atoms with Crippen molar-refractivity contribution in [3.63, 3.8) is 0 Å². The van der Waals surface area contributed by atoms with E-state index in [4.69, 9.17) is 32.7 Å². The maximum absolute atomic E-state index is 12.9. The van der Waals surface area contributed by atoms with Gasteiger partial charge in [0.15, 0.2) is 0 Å². The fourth-order valence-electron chi connectivity index (χ4n) is 2.86. The van der Waals surface area contributed by atoms with Crippen LogP contribution in [0.2, 0.25) is 10.0 Å². The number of benzene rings is 2. The fraction of sp³-hybridized carbons (Fsp3) is 0.174. The van der Waals surface area contributed by atoms with Gasteiger partial charge in [-0.1, -0.05) is 47.5 Å². The van der Waals surface area contributed by atoms with Gasteiger partial charge in [0, 0.05) is 10.6 Å². The number of hydrogen-bond donors (Lipinski definition) is 1. The lowest BCUT2D eigenvalue weighted by Gasteiger charge is -2.11. The molecule has 0 spiro atoms. The van der Waals surface area contributed by atoms with Crippen LogP contribution in [0.25, 0.3) is 17.3 Å². The summed E-state index contributed by atoms with van der Waals surface area (Å²) in [5.74, 6) is 0.513. The maximum Gasteiger partial charge on any atom is 0.411 e. The van der Waals surface area contributed by atoms with Gasteiger partial charge in [0.1, 0.15) is 11.4 Å². The highest BCUT2D eigenvalue weighted by Gasteiger charge is 2.14. The predicted octanol–water partition coefficient (Wildman–Crippen LogP) is 5.51. The Labute approximate surface area is 195 Å². The highest BCUT2D eigenvalue weighted by Crippen LogP contribution is 2.29. The third kappa shape index (κ3) is 5.90. The van der Waals surface area contributed by atoms with Crippen molar-refractivity contribution in [3.05, 3.63) is 80.6 Å². The van der Waals surface area contributed by atoms with Crippen molar-refractivity contribution < 1.29 is 14.3 Å². The Bertz CT molecular complexity index is 1190. The van der Waals surface area contributed by atoms with Crippen molar-refractivity contribution in [1.82, 2.24) is 9.78 Å². The second-order valence-electron chi connectivity index (χ2n) is 6.58. The zero-order chi connectivity index (χ0) is 23.1. The minimum absolute atomic E-state index is 0.0419. The summed E-state index contributed by atoms with van der Waals surface area (Å²) in [6, 6.07) is 13.9. The average molecular weight is 474 g/mol. The van der Waals surface area contributed by atoms with Gasteiger partial charge in [-0.3, -0.25) is 10.1 Å². The topological polar surface area (TPSA) is 82.4 Å². The average Bonchev–Trinajstić information content (AvgIpc) is 2.77. The first-order chi connectivity index (χ1) is 15.4. The van der Waals surface area contributed by atoms with Crippen LogP contribution in [0, 0.1) is 0 Å². The van der Waals surface area contributed by atoms with E-state index < -0.39 is 11.7 Å². The first-order valence-electron chi connectivity index (χ1n) is 9.73. The number of hydrogen-bond acceptors (Lipinski definition) is 5. The third-order valence-electron chi connectivity index (χ3n) is 4.39. The number of amides is 1. The summed E-state index contributed by atoms with van der Waals surface area (Å²) in [7, 11) is 1.52. The summed E-state index contributed by atoms with van der Waals surface area (Å²) >= 11 is 12.2. The molecule has 2 aromatic carbocycles. The summed E-state index contributed by atoms with van der Waals surface area (Å²) in [5, 5.41) is 7.96. The Morgan fingerprint density at radius 1 is 1.16 bits per heavy atom. The van der Waals surface area contributed by atoms with Crippen molar-refractivity contribution >= 4 is 41.1 Å². The van der Waals surface area contributed by atoms with Crippen LogP contribution in [-0.4, -0.2) is 29.6 Å². The van der Waals surface area contributed by atoms with Crippen LogP contribution in [-0.2, 0) is 11.3 Å². The van der Waals surface area contributed by atoms with Gasteiger partial charge in [-0.05, 0) is 48.9 Å². The quantitative estimate of drug-likeness (QED) is 0.489. The molecule has 0 saturated heterocycles. The standard InChI is InChI=1S/C23H21Cl2N3O4/c1-3-32-23(30)26-20-14-19(16-8-11-21(31-2)18(25)13-16)27-28(22(20)29)12-4-5-15-6-9-17(24)10-7-15/h4-11,13-14H,3,12H2,1-2H3,(H,26,30)/b5-4+. The molecule has 166 valence electrons. The number of halogens is 2. The molecule has 0 unspecified atom stereocenters. The first kappa shape index (κ1) is 23.4. The summed E-state index contributed by atoms with van der Waals surface area (Å²) < 4.78 is 11.3. The zero-order valence-electron chi connectivity index (χ0n) is 17.5. The van der Waals surface area contributed by atoms with Crippen LogP contribution in [0.1, 0.15) is 12.5 Å². The highest BCUT2D eigenvalue weighted by atomic mass is 35.5. The molecule has 1 aromatic heterocycles. The molecular weight excluding hydrogens is 453 g/mol. The van der Waals surface area contributed by atoms with E-state index in [1.165, 1.54) is 17.9 Å². The lowest BCUT2D eigenvalue weighted by molar-refractivity contribution is 0.168. The van der Waals surface area contributed by atoms with Crippen LogP contribution in [0.5, 0.6) is 5.75 Å². The van der Waals surface area contributed by atoms with Gasteiger partial charge in [0.05, 0.1) is 31.0 Å². The molecule has 0 aliphatic carbocycles. The van der Waals surface area contributed by atoms with Crippen molar-refractivity contribution in [1.29, 1.82) is 0 Å². The minimum Gasteiger partial charge on any atom is -0.495 e. The number of allylic oxidation sites excluding steroid dienone is 1. The van der Waals surface area contributed by atoms with E-state index in [1.54, 1.807) is 43.3 Å². The lowest BCUT2D eigenvalue weighted by Crippen LogP contribution is -2.28. The summed E-state index contributed by atoms with van der Waals surface area (Å²) in [6.45, 7) is 2.03. The number of methoxy groups -OCH3 is 1. The molecule has 0 bridgehead atoms. The Morgan fingerprint density at radius 2 is 1.91 bits per heavy atom. The van der Waals surface area contributed by atoms with E-state index in [2.05, 4.69) is 10.4 Å². The van der Waals surface area contributed by atoms with Gasteiger partial charge in [-0.2, -0.15) is 5.10 Å². The third-order valence-corrected chi connectivity index (χ3v) is 4.94. The summed E-state index contributed by atoms with van der Waals surface area (Å²) in [5.41, 5.74) is 1.59. The molecule has 0 atom stereocenters. The number of ether oxygens (including phenoxy) is 2. The van der Waals surface area contributed by atoms with Gasteiger partial charge in [0.25, 0.3) is 5.56 Å². The summed E-state index contributed by atoms with van der Waals surface area (Å²) in [4.78, 5) is 24.8. The molecule has 1 amide bonds. The van der Waals surface area contributed by atoms with Crippen LogP contribution < -0.4 is 15.6 Å². The Kier molecular flexibility index (Phi) is 7.92. The molecule has 0 saturated carbocycles. The molecule has 32 heavy (non-hydrogen) atoms. The molecule has 3 rings (SSSR count). The van der Waals surface area contributed by atoms with Gasteiger partial charge in [-0.15, -0.1) is 0 Å². The molecule has 0 aliphatic heterocycles. The molecule has 3 aromatic rings. The number of rotatable bonds is 7. The molecule has 0 fully saturated rings. The van der Waals surface area contributed by atoms with Crippen LogP contribution in [0.3, 0.4) is 0 Å². The van der Waals surface area contributed by atoms with Gasteiger partial charge in [0.2, 0.25) is 0 Å². The SMILES string of the molecule is CCOC(=O)Nc1cc(-c2ccc(OC)c(Cl)c2)nn(C/C=C/c2ccc(Cl)cc2)c1=O. The normalized spacial score (nSPS) is 10.9. The van der Waals surface area contributed by atoms with Crippen molar-refractivity contribution in [2.45, 2.75) is 13.5 Å². The Balaban J connectivity index is 1.97. The second kappa shape index (κ2) is 10.8. The number of nitrogens with zero attached hydrogens (tertiary/aromatic N) is 2. The van der Waals surface area contributed by atoms with Crippen LogP contribution in [0.15, 0.2) is 59.4 Å². The van der Waals surface area contributed by atoms with E-state index >= 15 is 0 Å². The van der Waals surface area contributed by atoms with Gasteiger partial charge < -0.3 is 9.47 Å². The van der Waals surface area contributed by atoms with E-state index in [0.29, 0.717) is 27.1 Å². The largest absolute Gasteiger partial charge is 0.495 e. The van der Waals surface area contributed by atoms with E-state index in [1.807, 2.05) is 18.2 Å². The van der Waals surface area contributed by atoms with Gasteiger partial charge in [-0.25, -0.2) is 9.48 Å². The number of carbonyl (C=O) groups is 1. The maximum atomic E-state index is 12.9. The fourth-order valence-corrected chi connectivity index (χ4v) is 3.25. The molecule has 7 nitrogen and oxygen atoms in total. The highest BCUT2D eigenvalue weighted by molar-refractivity contribution is 6.32. The smallest absolute Gasteiger partial charge is 0.411 e. The molecule has 0 aliphatic rings. The van der Waals surface area contributed by atoms with Gasteiger partial charge >= 0.3 is 6.09 Å². The van der Waals surface area contributed by atoms with E-state index in [0.717, 1.165) is 5.56 Å². The number of anilines is 1. The van der Waals surface area contributed by atoms with E-state index in [-0.39, 0.29) is 18.8 Å². The second-order valence-corrected chi connectivity index (χ2v) is 7.42. The zero-order valence-corrected chi connectivity index (χ0v) is 19.0. The molecule has 1 N–H and O–H groups in total. The number of carbonyl (C=O) groups excluding carboxylic acids is 1. The lowest BCUT2D eigenvalue weighted by atomic mass is 10.1. The van der Waals surface area contributed by atoms with Crippen molar-refractivity contribution in [2.24, 2.45) is 0 Å². The summed E-state index contributed by atoms with van der Waals surface area (Å²) in [6.07, 6.45) is 2.91. The number of aromatic nitrogens is 2. The monoisotopic (exact) mass is 473 g/mol. The predicted molar refractivity (Wildman–Crippen MR) is 127 cm³/mol. The molecule has 0 radical (unpaired) electrons. The molecule has 9 heteroatoms. The minimum atomic E-state index is -0.724. The van der Waals surface area contributed by atoms with Crippen molar-refractivity contribution in [3.8, 4) is 17.0 Å². The Morgan fingerprint density at radius 3 is 2.56 bits per heavy atom.